The van der Waals surface area contributed by atoms with Crippen molar-refractivity contribution in [1.82, 2.24) is 5.32 Å². The summed E-state index contributed by atoms with van der Waals surface area (Å²) in [5, 5.41) is 12.6. The van der Waals surface area contributed by atoms with E-state index in [-0.39, 0.29) is 23.8 Å². The molecule has 4 rings (SSSR count). The first-order chi connectivity index (χ1) is 14.6. The molecular weight excluding hydrogens is 382 g/mol. The van der Waals surface area contributed by atoms with Gasteiger partial charge in [-0.3, -0.25) is 0 Å². The number of aromatic hydroxyl groups is 1. The third-order valence-corrected chi connectivity index (χ3v) is 5.29. The Morgan fingerprint density at radius 2 is 1.50 bits per heavy atom. The molecule has 0 aliphatic heterocycles. The van der Waals surface area contributed by atoms with Gasteiger partial charge in [0, 0.05) is 11.5 Å². The lowest BCUT2D eigenvalue weighted by atomic mass is 9.98. The summed E-state index contributed by atoms with van der Waals surface area (Å²) in [6, 6.07) is 21.1. The monoisotopic (exact) mass is 403 g/mol. The molecule has 0 radical (unpaired) electrons. The zero-order valence-electron chi connectivity index (χ0n) is 16.4. The van der Waals surface area contributed by atoms with Crippen LogP contribution in [0.3, 0.4) is 0 Å². The molecule has 1 aliphatic carbocycles. The predicted octanol–water partition coefficient (Wildman–Crippen LogP) is 4.15. The molecule has 0 bridgehead atoms. The van der Waals surface area contributed by atoms with Crippen molar-refractivity contribution in [3.05, 3.63) is 89.5 Å². The first kappa shape index (κ1) is 19.5. The van der Waals surface area contributed by atoms with Crippen LogP contribution >= 0.6 is 0 Å². The number of benzene rings is 3. The summed E-state index contributed by atoms with van der Waals surface area (Å²) in [7, 11) is 1.22. The molecule has 1 unspecified atom stereocenters. The summed E-state index contributed by atoms with van der Waals surface area (Å²) < 4.78 is 10.3. The zero-order chi connectivity index (χ0) is 21.1. The van der Waals surface area contributed by atoms with Crippen molar-refractivity contribution in [1.29, 1.82) is 0 Å². The number of phenols is 1. The second kappa shape index (κ2) is 8.29. The minimum absolute atomic E-state index is 0.0927. The highest BCUT2D eigenvalue weighted by Crippen LogP contribution is 2.44. The molecule has 0 spiro atoms. The predicted molar refractivity (Wildman–Crippen MR) is 111 cm³/mol. The Morgan fingerprint density at radius 1 is 0.933 bits per heavy atom. The van der Waals surface area contributed by atoms with Crippen LogP contribution < -0.4 is 5.32 Å². The molecule has 1 aliphatic rings. The fourth-order valence-electron chi connectivity index (χ4n) is 3.87. The molecule has 30 heavy (non-hydrogen) atoms. The van der Waals surface area contributed by atoms with Gasteiger partial charge in [-0.15, -0.1) is 0 Å². The molecule has 1 amide bonds. The van der Waals surface area contributed by atoms with Crippen LogP contribution in [0, 0.1) is 0 Å². The van der Waals surface area contributed by atoms with Crippen LogP contribution in [0.25, 0.3) is 11.1 Å². The van der Waals surface area contributed by atoms with Crippen LogP contribution in [-0.2, 0) is 14.3 Å². The number of hydrogen-bond acceptors (Lipinski definition) is 5. The number of fused-ring (bicyclic) bond motifs is 3. The Kier molecular flexibility index (Phi) is 5.39. The number of esters is 1. The number of rotatable bonds is 5. The SMILES string of the molecule is COC(=O)C(NC(=O)OCC1c2ccccc2-c2ccccc21)c1ccccc1O. The minimum atomic E-state index is -1.17. The van der Waals surface area contributed by atoms with Gasteiger partial charge in [0.05, 0.1) is 7.11 Å². The molecule has 1 atom stereocenters. The van der Waals surface area contributed by atoms with Gasteiger partial charge in [0.1, 0.15) is 12.4 Å². The van der Waals surface area contributed by atoms with Crippen LogP contribution in [-0.4, -0.2) is 30.9 Å². The Balaban J connectivity index is 1.51. The number of hydrogen-bond donors (Lipinski definition) is 2. The number of amides is 1. The number of carbonyl (C=O) groups is 2. The van der Waals surface area contributed by atoms with E-state index in [4.69, 9.17) is 9.47 Å². The maximum absolute atomic E-state index is 12.5. The van der Waals surface area contributed by atoms with Crippen LogP contribution in [0.15, 0.2) is 72.8 Å². The Morgan fingerprint density at radius 3 is 2.10 bits per heavy atom. The molecule has 0 saturated carbocycles. The first-order valence-electron chi connectivity index (χ1n) is 9.57. The van der Waals surface area contributed by atoms with Gasteiger partial charge in [-0.2, -0.15) is 0 Å². The molecule has 3 aromatic carbocycles. The summed E-state index contributed by atoms with van der Waals surface area (Å²) in [5.74, 6) is -0.915. The van der Waals surface area contributed by atoms with Crippen molar-refractivity contribution in [2.75, 3.05) is 13.7 Å². The fraction of sp³-hybridized carbons (Fsp3) is 0.167. The van der Waals surface area contributed by atoms with Gasteiger partial charge in [0.15, 0.2) is 6.04 Å². The van der Waals surface area contributed by atoms with Gasteiger partial charge in [-0.25, -0.2) is 9.59 Å². The first-order valence-corrected chi connectivity index (χ1v) is 9.57. The molecule has 152 valence electrons. The minimum Gasteiger partial charge on any atom is -0.508 e. The summed E-state index contributed by atoms with van der Waals surface area (Å²) in [4.78, 5) is 24.7. The van der Waals surface area contributed by atoms with E-state index >= 15 is 0 Å². The topological polar surface area (TPSA) is 84.9 Å². The van der Waals surface area contributed by atoms with E-state index in [0.29, 0.717) is 0 Å². The molecular formula is C24H21NO5. The standard InChI is InChI=1S/C24H21NO5/c1-29-23(27)22(19-12-6-7-13-21(19)26)25-24(28)30-14-20-17-10-4-2-8-15(17)16-9-3-5-11-18(16)20/h2-13,20,22,26H,14H2,1H3,(H,25,28). The summed E-state index contributed by atoms with van der Waals surface area (Å²) in [5.41, 5.74) is 4.68. The quantitative estimate of drug-likeness (QED) is 0.626. The number of carbonyl (C=O) groups excluding carboxylic acids is 2. The smallest absolute Gasteiger partial charge is 0.408 e. The van der Waals surface area contributed by atoms with Crippen molar-refractivity contribution < 1.29 is 24.2 Å². The van der Waals surface area contributed by atoms with E-state index in [1.54, 1.807) is 18.2 Å². The maximum atomic E-state index is 12.5. The van der Waals surface area contributed by atoms with Gasteiger partial charge in [0.25, 0.3) is 0 Å². The van der Waals surface area contributed by atoms with E-state index in [0.717, 1.165) is 22.3 Å². The molecule has 3 aromatic rings. The Labute approximate surface area is 174 Å². The number of methoxy groups -OCH3 is 1. The third kappa shape index (κ3) is 3.59. The second-order valence-corrected chi connectivity index (χ2v) is 6.98. The van der Waals surface area contributed by atoms with Crippen molar-refractivity contribution in [3.8, 4) is 16.9 Å². The Bertz CT molecular complexity index is 1050. The van der Waals surface area contributed by atoms with Gasteiger partial charge in [-0.1, -0.05) is 66.7 Å². The highest BCUT2D eigenvalue weighted by Gasteiger charge is 2.30. The molecule has 6 nitrogen and oxygen atoms in total. The van der Waals surface area contributed by atoms with Gasteiger partial charge in [-0.05, 0) is 28.3 Å². The van der Waals surface area contributed by atoms with Crippen molar-refractivity contribution in [3.63, 3.8) is 0 Å². The van der Waals surface area contributed by atoms with Crippen LogP contribution in [0.1, 0.15) is 28.7 Å². The maximum Gasteiger partial charge on any atom is 0.408 e. The highest BCUT2D eigenvalue weighted by molar-refractivity contribution is 5.84. The van der Waals surface area contributed by atoms with E-state index in [1.165, 1.54) is 13.2 Å². The van der Waals surface area contributed by atoms with Crippen molar-refractivity contribution >= 4 is 12.1 Å². The van der Waals surface area contributed by atoms with Crippen molar-refractivity contribution in [2.45, 2.75) is 12.0 Å². The average Bonchev–Trinajstić information content (AvgIpc) is 3.10. The number of alkyl carbamates (subject to hydrolysis) is 1. The summed E-state index contributed by atoms with van der Waals surface area (Å²) in [6.45, 7) is 0.120. The number of phenolic OH excluding ortho intramolecular Hbond substituents is 1. The molecule has 6 heteroatoms. The van der Waals surface area contributed by atoms with Gasteiger partial charge >= 0.3 is 12.1 Å². The van der Waals surface area contributed by atoms with Crippen LogP contribution in [0.4, 0.5) is 4.79 Å². The number of ether oxygens (including phenoxy) is 2. The van der Waals surface area contributed by atoms with E-state index in [9.17, 15) is 14.7 Å². The molecule has 0 aromatic heterocycles. The lowest BCUT2D eigenvalue weighted by molar-refractivity contribution is -0.143. The van der Waals surface area contributed by atoms with Crippen LogP contribution in [0.5, 0.6) is 5.75 Å². The fourth-order valence-corrected chi connectivity index (χ4v) is 3.87. The normalized spacial score (nSPS) is 13.1. The largest absolute Gasteiger partial charge is 0.508 e. The van der Waals surface area contributed by atoms with Gasteiger partial charge < -0.3 is 19.9 Å². The molecule has 0 heterocycles. The molecule has 2 N–H and O–H groups in total. The van der Waals surface area contributed by atoms with E-state index < -0.39 is 18.1 Å². The molecule has 0 fully saturated rings. The lowest BCUT2D eigenvalue weighted by Crippen LogP contribution is -2.35. The number of para-hydroxylation sites is 1. The average molecular weight is 403 g/mol. The van der Waals surface area contributed by atoms with Crippen LogP contribution in [0.2, 0.25) is 0 Å². The van der Waals surface area contributed by atoms with E-state index in [1.807, 2.05) is 36.4 Å². The Hall–Kier alpha value is -3.80. The summed E-state index contributed by atoms with van der Waals surface area (Å²) in [6.07, 6.45) is -0.768. The second-order valence-electron chi connectivity index (χ2n) is 6.98. The zero-order valence-corrected chi connectivity index (χ0v) is 16.4. The lowest BCUT2D eigenvalue weighted by Gasteiger charge is -2.19. The third-order valence-electron chi connectivity index (χ3n) is 5.29. The van der Waals surface area contributed by atoms with Crippen molar-refractivity contribution in [2.24, 2.45) is 0 Å². The number of nitrogens with one attached hydrogen (secondary N) is 1. The van der Waals surface area contributed by atoms with E-state index in [2.05, 4.69) is 17.4 Å². The highest BCUT2D eigenvalue weighted by atomic mass is 16.6. The van der Waals surface area contributed by atoms with Gasteiger partial charge in [0.2, 0.25) is 0 Å². The summed E-state index contributed by atoms with van der Waals surface area (Å²) >= 11 is 0. The molecule has 0 saturated heterocycles.